The first-order chi connectivity index (χ1) is 11.1. The van der Waals surface area contributed by atoms with Crippen molar-refractivity contribution in [3.63, 3.8) is 0 Å². The fourth-order valence-corrected chi connectivity index (χ4v) is 4.10. The highest BCUT2D eigenvalue weighted by Gasteiger charge is 2.20. The molecule has 23 heavy (non-hydrogen) atoms. The van der Waals surface area contributed by atoms with Crippen LogP contribution in [0.3, 0.4) is 0 Å². The summed E-state index contributed by atoms with van der Waals surface area (Å²) in [6, 6.07) is 13.5. The van der Waals surface area contributed by atoms with E-state index in [0.29, 0.717) is 10.5 Å². The highest BCUT2D eigenvalue weighted by atomic mass is 32.2. The number of nitrogens with zero attached hydrogens (tertiary/aromatic N) is 1. The Balaban J connectivity index is 0.000000924. The zero-order chi connectivity index (χ0) is 16.9. The first-order valence-corrected chi connectivity index (χ1v) is 9.04. The first kappa shape index (κ1) is 17.2. The maximum absolute atomic E-state index is 12.7. The second kappa shape index (κ2) is 7.40. The van der Waals surface area contributed by atoms with Crippen LogP contribution in [0.1, 0.15) is 29.5 Å². The summed E-state index contributed by atoms with van der Waals surface area (Å²) in [5, 5.41) is 8.91. The fourth-order valence-electron chi connectivity index (χ4n) is 2.75. The molecule has 120 valence electrons. The van der Waals surface area contributed by atoms with Crippen molar-refractivity contribution in [2.24, 2.45) is 5.73 Å². The normalized spacial score (nSPS) is 13.3. The number of hydrogen-bond donors (Lipinski definition) is 1. The van der Waals surface area contributed by atoms with Crippen LogP contribution >= 0.6 is 0 Å². The van der Waals surface area contributed by atoms with Crippen LogP contribution in [-0.2, 0) is 22.7 Å². The van der Waals surface area contributed by atoms with Crippen molar-refractivity contribution < 1.29 is 8.42 Å². The number of rotatable bonds is 2. The average molecular weight is 328 g/mol. The second-order valence-electron chi connectivity index (χ2n) is 5.28. The van der Waals surface area contributed by atoms with Gasteiger partial charge >= 0.3 is 0 Å². The topological polar surface area (TPSA) is 83.9 Å². The maximum atomic E-state index is 12.7. The molecule has 2 aromatic rings. The molecule has 0 bridgehead atoms. The van der Waals surface area contributed by atoms with E-state index < -0.39 is 9.84 Å². The Kier molecular flexibility index (Phi) is 5.54. The van der Waals surface area contributed by atoms with Crippen molar-refractivity contribution in [1.82, 2.24) is 0 Å². The van der Waals surface area contributed by atoms with Crippen molar-refractivity contribution in [3.8, 4) is 6.07 Å². The quantitative estimate of drug-likeness (QED) is 0.918. The van der Waals surface area contributed by atoms with Crippen molar-refractivity contribution >= 4 is 9.84 Å². The predicted octanol–water partition coefficient (Wildman–Crippen LogP) is 2.84. The van der Waals surface area contributed by atoms with Crippen LogP contribution in [0.25, 0.3) is 0 Å². The minimum Gasteiger partial charge on any atom is -0.333 e. The van der Waals surface area contributed by atoms with Gasteiger partial charge in [0.1, 0.15) is 0 Å². The number of sulfone groups is 1. The van der Waals surface area contributed by atoms with E-state index in [-0.39, 0.29) is 4.90 Å². The van der Waals surface area contributed by atoms with Crippen LogP contribution in [-0.4, -0.2) is 15.5 Å². The highest BCUT2D eigenvalue weighted by Crippen LogP contribution is 2.27. The number of fused-ring (bicyclic) bond motifs is 1. The van der Waals surface area contributed by atoms with E-state index in [1.807, 2.05) is 12.1 Å². The fraction of sp³-hybridized carbons (Fsp3) is 0.278. The minimum absolute atomic E-state index is 0.178. The molecule has 3 rings (SSSR count). The van der Waals surface area contributed by atoms with E-state index in [0.717, 1.165) is 24.8 Å². The summed E-state index contributed by atoms with van der Waals surface area (Å²) in [6.07, 6.45) is 4.25. The third kappa shape index (κ3) is 3.61. The van der Waals surface area contributed by atoms with Crippen molar-refractivity contribution in [2.45, 2.75) is 35.5 Å². The lowest BCUT2D eigenvalue weighted by Crippen LogP contribution is -2.07. The van der Waals surface area contributed by atoms with Gasteiger partial charge in [0.25, 0.3) is 0 Å². The van der Waals surface area contributed by atoms with E-state index in [2.05, 4.69) is 5.73 Å². The summed E-state index contributed by atoms with van der Waals surface area (Å²) in [7, 11) is -2.06. The van der Waals surface area contributed by atoms with Gasteiger partial charge in [-0.3, -0.25) is 0 Å². The van der Waals surface area contributed by atoms with E-state index in [1.54, 1.807) is 24.3 Å². The van der Waals surface area contributed by atoms with E-state index in [4.69, 9.17) is 5.26 Å². The lowest BCUT2D eigenvalue weighted by molar-refractivity contribution is 0.595. The van der Waals surface area contributed by atoms with Crippen molar-refractivity contribution in [1.29, 1.82) is 5.26 Å². The zero-order valence-electron chi connectivity index (χ0n) is 13.1. The van der Waals surface area contributed by atoms with Gasteiger partial charge in [0.15, 0.2) is 0 Å². The summed E-state index contributed by atoms with van der Waals surface area (Å²) < 4.78 is 25.4. The molecule has 5 heteroatoms. The molecule has 2 N–H and O–H groups in total. The maximum Gasteiger partial charge on any atom is 0.206 e. The van der Waals surface area contributed by atoms with Gasteiger partial charge in [-0.05, 0) is 74.2 Å². The molecule has 0 aliphatic heterocycles. The molecule has 2 aromatic carbocycles. The van der Waals surface area contributed by atoms with E-state index in [1.165, 1.54) is 31.2 Å². The van der Waals surface area contributed by atoms with Crippen LogP contribution in [0.2, 0.25) is 0 Å². The molecule has 0 atom stereocenters. The molecular weight excluding hydrogens is 308 g/mol. The summed E-state index contributed by atoms with van der Waals surface area (Å²) in [6.45, 7) is 0. The lowest BCUT2D eigenvalue weighted by Gasteiger charge is -2.16. The molecule has 1 aliphatic rings. The number of nitriles is 1. The van der Waals surface area contributed by atoms with Gasteiger partial charge in [-0.2, -0.15) is 5.26 Å². The molecule has 1 aliphatic carbocycles. The summed E-state index contributed by atoms with van der Waals surface area (Å²) >= 11 is 0. The molecule has 0 saturated carbocycles. The molecule has 0 spiro atoms. The van der Waals surface area contributed by atoms with Gasteiger partial charge in [0.2, 0.25) is 9.84 Å². The van der Waals surface area contributed by atoms with Crippen LogP contribution in [0.4, 0.5) is 0 Å². The van der Waals surface area contributed by atoms with Gasteiger partial charge in [-0.15, -0.1) is 0 Å². The van der Waals surface area contributed by atoms with Crippen molar-refractivity contribution in [3.05, 3.63) is 59.2 Å². The van der Waals surface area contributed by atoms with Gasteiger partial charge in [-0.1, -0.05) is 12.1 Å². The van der Waals surface area contributed by atoms with E-state index >= 15 is 0 Å². The first-order valence-electron chi connectivity index (χ1n) is 7.56. The molecule has 0 amide bonds. The Morgan fingerprint density at radius 2 is 1.61 bits per heavy atom. The molecule has 0 fully saturated rings. The Morgan fingerprint density at radius 3 is 2.30 bits per heavy atom. The van der Waals surface area contributed by atoms with Crippen molar-refractivity contribution in [2.75, 3.05) is 7.05 Å². The third-order valence-electron chi connectivity index (χ3n) is 3.90. The predicted molar refractivity (Wildman–Crippen MR) is 89.8 cm³/mol. The molecular formula is C18H20N2O2S. The Morgan fingerprint density at radius 1 is 0.957 bits per heavy atom. The van der Waals surface area contributed by atoms with Crippen LogP contribution < -0.4 is 5.73 Å². The number of aryl methyl sites for hydroxylation is 2. The summed E-state index contributed by atoms with van der Waals surface area (Å²) in [5.41, 5.74) is 7.25. The van der Waals surface area contributed by atoms with Gasteiger partial charge < -0.3 is 5.73 Å². The SMILES string of the molecule is CN.N#Cc1cccc(S(=O)(=O)c2ccc3c(c2)CCCC3)c1. The van der Waals surface area contributed by atoms with Gasteiger partial charge in [0.05, 0.1) is 21.4 Å². The molecule has 0 aromatic heterocycles. The van der Waals surface area contributed by atoms with Crippen LogP contribution in [0, 0.1) is 11.3 Å². The molecule has 4 nitrogen and oxygen atoms in total. The highest BCUT2D eigenvalue weighted by molar-refractivity contribution is 7.91. The van der Waals surface area contributed by atoms with E-state index in [9.17, 15) is 8.42 Å². The molecule has 0 unspecified atom stereocenters. The van der Waals surface area contributed by atoms with Crippen LogP contribution in [0.5, 0.6) is 0 Å². The average Bonchev–Trinajstić information content (AvgIpc) is 2.63. The monoisotopic (exact) mass is 328 g/mol. The Labute approximate surface area is 137 Å². The van der Waals surface area contributed by atoms with Gasteiger partial charge in [0, 0.05) is 0 Å². The second-order valence-corrected chi connectivity index (χ2v) is 7.23. The molecule has 0 heterocycles. The summed E-state index contributed by atoms with van der Waals surface area (Å²) in [5.74, 6) is 0. The Hall–Kier alpha value is -2.16. The molecule has 0 radical (unpaired) electrons. The standard InChI is InChI=1S/C17H15NO2S.CH5N/c18-12-13-4-3-7-16(10-13)21(19,20)17-9-8-14-5-1-2-6-15(14)11-17;1-2/h3-4,7-11H,1-2,5-6H2;2H2,1H3. The smallest absolute Gasteiger partial charge is 0.206 e. The van der Waals surface area contributed by atoms with Crippen LogP contribution in [0.15, 0.2) is 52.3 Å². The third-order valence-corrected chi connectivity index (χ3v) is 5.65. The number of nitrogens with two attached hydrogens (primary N) is 1. The zero-order valence-corrected chi connectivity index (χ0v) is 13.9. The summed E-state index contributed by atoms with van der Waals surface area (Å²) in [4.78, 5) is 0.496. The molecule has 0 saturated heterocycles. The number of hydrogen-bond acceptors (Lipinski definition) is 4. The minimum atomic E-state index is -3.56. The largest absolute Gasteiger partial charge is 0.333 e. The number of benzene rings is 2. The Bertz CT molecular complexity index is 836. The lowest BCUT2D eigenvalue weighted by atomic mass is 9.92. The van der Waals surface area contributed by atoms with Gasteiger partial charge in [-0.25, -0.2) is 8.42 Å².